The van der Waals surface area contributed by atoms with Crippen molar-refractivity contribution in [2.24, 2.45) is 11.8 Å². The number of nitrogens with zero attached hydrogens (tertiary/aromatic N) is 2. The lowest BCUT2D eigenvalue weighted by Crippen LogP contribution is -2.50. The summed E-state index contributed by atoms with van der Waals surface area (Å²) < 4.78 is 43.1. The Bertz CT molecular complexity index is 1010. The first-order chi connectivity index (χ1) is 16.5. The fourth-order valence-corrected chi connectivity index (χ4v) is 5.09. The van der Waals surface area contributed by atoms with Crippen molar-refractivity contribution in [2.75, 3.05) is 58.0 Å². The van der Waals surface area contributed by atoms with E-state index in [0.29, 0.717) is 50.4 Å². The molecule has 1 aromatic rings. The Hall–Kier alpha value is -2.37. The highest BCUT2D eigenvalue weighted by molar-refractivity contribution is 7.92. The van der Waals surface area contributed by atoms with Crippen LogP contribution < -0.4 is 9.46 Å². The second kappa shape index (κ2) is 11.6. The van der Waals surface area contributed by atoms with Crippen LogP contribution in [0.2, 0.25) is 0 Å². The number of rotatable bonds is 4. The second-order valence-electron chi connectivity index (χ2n) is 9.56. The molecule has 2 aliphatic rings. The number of amides is 2. The Labute approximate surface area is 207 Å². The molecule has 2 aliphatic heterocycles. The Morgan fingerprint density at radius 3 is 2.49 bits per heavy atom. The number of anilines is 1. The van der Waals surface area contributed by atoms with Crippen LogP contribution in [0.4, 0.5) is 5.69 Å². The van der Waals surface area contributed by atoms with Crippen molar-refractivity contribution in [1.29, 1.82) is 0 Å². The average Bonchev–Trinajstić information content (AvgIpc) is 2.82. The van der Waals surface area contributed by atoms with Gasteiger partial charge in [0.1, 0.15) is 12.4 Å². The first kappa shape index (κ1) is 27.2. The number of hydrogen-bond donors (Lipinski definition) is 1. The fourth-order valence-electron chi connectivity index (χ4n) is 4.54. The molecule has 2 amide bonds. The van der Waals surface area contributed by atoms with Crippen LogP contribution in [0.25, 0.3) is 0 Å². The highest BCUT2D eigenvalue weighted by Gasteiger charge is 2.33. The van der Waals surface area contributed by atoms with Gasteiger partial charge in [-0.15, -0.1) is 0 Å². The molecule has 2 heterocycles. The molecule has 0 radical (unpaired) electrons. The van der Waals surface area contributed by atoms with Gasteiger partial charge in [0, 0.05) is 58.4 Å². The van der Waals surface area contributed by atoms with Gasteiger partial charge in [-0.05, 0) is 31.9 Å². The van der Waals surface area contributed by atoms with Crippen molar-refractivity contribution in [2.45, 2.75) is 38.8 Å². The molecule has 196 valence electrons. The number of nitrogens with one attached hydrogen (secondary N) is 1. The van der Waals surface area contributed by atoms with Gasteiger partial charge in [0.25, 0.3) is 5.91 Å². The quantitative estimate of drug-likeness (QED) is 0.656. The molecule has 10 nitrogen and oxygen atoms in total. The Balaban J connectivity index is 1.96. The van der Waals surface area contributed by atoms with Crippen LogP contribution in [0.3, 0.4) is 0 Å². The number of likely N-dealkylation sites (N-methyl/N-ethyl adjacent to an activating group) is 1. The third kappa shape index (κ3) is 7.08. The number of fused-ring (bicyclic) bond motifs is 1. The van der Waals surface area contributed by atoms with E-state index in [1.54, 1.807) is 25.1 Å². The van der Waals surface area contributed by atoms with E-state index in [9.17, 15) is 18.0 Å². The summed E-state index contributed by atoms with van der Waals surface area (Å²) in [7, 11) is -0.211. The van der Waals surface area contributed by atoms with E-state index in [1.807, 2.05) is 18.7 Å². The molecule has 0 spiro atoms. The summed E-state index contributed by atoms with van der Waals surface area (Å²) in [5.74, 6) is -0.0663. The predicted octanol–water partition coefficient (Wildman–Crippen LogP) is 1.82. The molecular weight excluding hydrogens is 474 g/mol. The highest BCUT2D eigenvalue weighted by atomic mass is 32.2. The first-order valence-corrected chi connectivity index (χ1v) is 13.8. The van der Waals surface area contributed by atoms with E-state index in [-0.39, 0.29) is 48.2 Å². The minimum atomic E-state index is -3.51. The van der Waals surface area contributed by atoms with Gasteiger partial charge in [-0.1, -0.05) is 6.92 Å². The number of hydrogen-bond acceptors (Lipinski definition) is 7. The fraction of sp³-hybridized carbons (Fsp3) is 0.667. The first-order valence-electron chi connectivity index (χ1n) is 11.9. The van der Waals surface area contributed by atoms with Crippen LogP contribution in [-0.4, -0.2) is 95.5 Å². The second-order valence-corrected chi connectivity index (χ2v) is 11.3. The highest BCUT2D eigenvalue weighted by Crippen LogP contribution is 2.28. The largest absolute Gasteiger partial charge is 0.491 e. The molecule has 35 heavy (non-hydrogen) atoms. The molecular formula is C24H37N3O7S. The molecule has 0 unspecified atom stereocenters. The van der Waals surface area contributed by atoms with Crippen LogP contribution in [0.5, 0.6) is 5.75 Å². The Kier molecular flexibility index (Phi) is 9.00. The van der Waals surface area contributed by atoms with Crippen molar-refractivity contribution in [1.82, 2.24) is 9.80 Å². The molecule has 1 saturated heterocycles. The van der Waals surface area contributed by atoms with Gasteiger partial charge in [0.2, 0.25) is 15.9 Å². The van der Waals surface area contributed by atoms with Crippen LogP contribution in [0.1, 0.15) is 37.0 Å². The topological polar surface area (TPSA) is 114 Å². The number of carbonyl (C=O) groups excluding carboxylic acids is 2. The maximum Gasteiger partial charge on any atom is 0.257 e. The van der Waals surface area contributed by atoms with E-state index >= 15 is 0 Å². The maximum atomic E-state index is 13.5. The number of benzene rings is 1. The zero-order valence-electron chi connectivity index (χ0n) is 21.2. The van der Waals surface area contributed by atoms with Gasteiger partial charge < -0.3 is 24.0 Å². The molecule has 3 rings (SSSR count). The number of methoxy groups -OCH3 is 1. The monoisotopic (exact) mass is 511 g/mol. The minimum Gasteiger partial charge on any atom is -0.491 e. The molecule has 0 aromatic heterocycles. The smallest absolute Gasteiger partial charge is 0.257 e. The Morgan fingerprint density at radius 2 is 1.86 bits per heavy atom. The van der Waals surface area contributed by atoms with Crippen LogP contribution in [0.15, 0.2) is 18.2 Å². The number of ether oxygens (including phenoxy) is 3. The van der Waals surface area contributed by atoms with Gasteiger partial charge in [-0.25, -0.2) is 8.42 Å². The van der Waals surface area contributed by atoms with Crippen molar-refractivity contribution in [3.05, 3.63) is 23.8 Å². The lowest BCUT2D eigenvalue weighted by Gasteiger charge is -2.38. The molecule has 1 aromatic carbocycles. The lowest BCUT2D eigenvalue weighted by molar-refractivity contribution is -0.142. The lowest BCUT2D eigenvalue weighted by atomic mass is 9.95. The SMILES string of the molecule is CO[C@@H]1CN(C)C(=O)c2ccc(NS(C)(=O)=O)cc2OC[C@@H](C)N(C(=O)C2CCOCC2)C[C@@H]1C. The summed E-state index contributed by atoms with van der Waals surface area (Å²) in [6, 6.07) is 4.30. The van der Waals surface area contributed by atoms with E-state index in [1.165, 1.54) is 12.1 Å². The zero-order valence-corrected chi connectivity index (χ0v) is 22.0. The standard InChI is InChI=1S/C24H37N3O7S/c1-16-13-27(23(28)18-8-10-33-11-9-18)17(2)15-34-21-12-19(25-35(5,30)31)6-7-20(21)24(29)26(3)14-22(16)32-4/h6-7,12,16-18,22,25H,8-11,13-15H2,1-5H3/t16-,17+,22+/m0/s1. The molecule has 0 bridgehead atoms. The number of carbonyl (C=O) groups is 2. The molecule has 0 aliphatic carbocycles. The van der Waals surface area contributed by atoms with Crippen LogP contribution in [-0.2, 0) is 24.3 Å². The molecule has 1 N–H and O–H groups in total. The van der Waals surface area contributed by atoms with Crippen molar-refractivity contribution >= 4 is 27.5 Å². The summed E-state index contributed by atoms with van der Waals surface area (Å²) in [6.07, 6.45) is 2.15. The average molecular weight is 512 g/mol. The summed E-state index contributed by atoms with van der Waals surface area (Å²) >= 11 is 0. The third-order valence-corrected chi connectivity index (χ3v) is 7.21. The van der Waals surface area contributed by atoms with Crippen LogP contribution >= 0.6 is 0 Å². The summed E-state index contributed by atoms with van der Waals surface area (Å²) in [6.45, 7) is 6.02. The van der Waals surface area contributed by atoms with E-state index in [2.05, 4.69) is 4.72 Å². The van der Waals surface area contributed by atoms with Gasteiger partial charge in [-0.3, -0.25) is 14.3 Å². The van der Waals surface area contributed by atoms with Crippen LogP contribution in [0, 0.1) is 11.8 Å². The summed E-state index contributed by atoms with van der Waals surface area (Å²) in [5, 5.41) is 0. The van der Waals surface area contributed by atoms with Crippen molar-refractivity contribution in [3.63, 3.8) is 0 Å². The molecule has 0 saturated carbocycles. The molecule has 3 atom stereocenters. The van der Waals surface area contributed by atoms with E-state index in [4.69, 9.17) is 14.2 Å². The summed E-state index contributed by atoms with van der Waals surface area (Å²) in [4.78, 5) is 30.2. The van der Waals surface area contributed by atoms with Crippen molar-refractivity contribution < 1.29 is 32.2 Å². The maximum absolute atomic E-state index is 13.5. The zero-order chi connectivity index (χ0) is 25.8. The van der Waals surface area contributed by atoms with E-state index < -0.39 is 10.0 Å². The Morgan fingerprint density at radius 1 is 1.17 bits per heavy atom. The van der Waals surface area contributed by atoms with Crippen molar-refractivity contribution in [3.8, 4) is 5.75 Å². The normalized spacial score (nSPS) is 25.2. The van der Waals surface area contributed by atoms with Gasteiger partial charge in [0.15, 0.2) is 0 Å². The molecule has 11 heteroatoms. The van der Waals surface area contributed by atoms with E-state index in [0.717, 1.165) is 6.26 Å². The van der Waals surface area contributed by atoms with Gasteiger partial charge >= 0.3 is 0 Å². The third-order valence-electron chi connectivity index (χ3n) is 6.60. The predicted molar refractivity (Wildman–Crippen MR) is 132 cm³/mol. The summed E-state index contributed by atoms with van der Waals surface area (Å²) in [5.41, 5.74) is 0.601. The van der Waals surface area contributed by atoms with Gasteiger partial charge in [0.05, 0.1) is 29.7 Å². The number of sulfonamides is 1. The minimum absolute atomic E-state index is 0.0262. The molecule has 1 fully saturated rings. The van der Waals surface area contributed by atoms with Gasteiger partial charge in [-0.2, -0.15) is 0 Å².